The number of allylic oxidation sites excluding steroid dienone is 6. The van der Waals surface area contributed by atoms with Gasteiger partial charge in [-0.25, -0.2) is 0 Å². The van der Waals surface area contributed by atoms with E-state index in [1.807, 2.05) is 0 Å². The minimum absolute atomic E-state index is 0.0336. The molecule has 0 aromatic heterocycles. The van der Waals surface area contributed by atoms with Gasteiger partial charge in [0.2, 0.25) is 0 Å². The molecular formula is C21H26O3. The average Bonchev–Trinajstić information content (AvgIpc) is 2.84. The number of hydrogen-bond donors (Lipinski definition) is 0. The predicted molar refractivity (Wildman–Crippen MR) is 92.1 cm³/mol. The summed E-state index contributed by atoms with van der Waals surface area (Å²) < 4.78 is 5.68. The molecule has 0 aromatic rings. The van der Waals surface area contributed by atoms with Crippen molar-refractivity contribution in [1.29, 1.82) is 0 Å². The van der Waals surface area contributed by atoms with Gasteiger partial charge in [0.1, 0.15) is 6.10 Å². The summed E-state index contributed by atoms with van der Waals surface area (Å²) in [5.41, 5.74) is 1.21. The molecule has 0 spiro atoms. The van der Waals surface area contributed by atoms with Crippen LogP contribution in [0.4, 0.5) is 0 Å². The third kappa shape index (κ3) is 2.09. The van der Waals surface area contributed by atoms with E-state index in [9.17, 15) is 9.59 Å². The number of carbonyl (C=O) groups excluding carboxylic acids is 2. The van der Waals surface area contributed by atoms with Crippen LogP contribution in [0.15, 0.2) is 36.0 Å². The van der Waals surface area contributed by atoms with E-state index in [1.54, 1.807) is 12.2 Å². The Morgan fingerprint density at radius 1 is 1.17 bits per heavy atom. The second-order valence-corrected chi connectivity index (χ2v) is 8.49. The predicted octanol–water partition coefficient (Wildman–Crippen LogP) is 4.00. The summed E-state index contributed by atoms with van der Waals surface area (Å²) in [6.07, 6.45) is 14.6. The first kappa shape index (κ1) is 15.9. The van der Waals surface area contributed by atoms with E-state index in [2.05, 4.69) is 32.1 Å². The highest BCUT2D eigenvalue weighted by Gasteiger charge is 2.58. The zero-order chi connectivity index (χ0) is 17.1. The molecule has 0 bridgehead atoms. The van der Waals surface area contributed by atoms with Gasteiger partial charge in [-0.15, -0.1) is 0 Å². The second kappa shape index (κ2) is 5.18. The van der Waals surface area contributed by atoms with Gasteiger partial charge in [-0.2, -0.15) is 0 Å². The first-order chi connectivity index (χ1) is 11.3. The zero-order valence-corrected chi connectivity index (χ0v) is 14.7. The highest BCUT2D eigenvalue weighted by atomic mass is 16.5. The fourth-order valence-corrected chi connectivity index (χ4v) is 6.00. The monoisotopic (exact) mass is 326 g/mol. The minimum atomic E-state index is -0.158. The normalized spacial score (nSPS) is 46.0. The average molecular weight is 326 g/mol. The molecule has 3 nitrogen and oxygen atoms in total. The van der Waals surface area contributed by atoms with Crippen molar-refractivity contribution in [3.05, 3.63) is 36.0 Å². The summed E-state index contributed by atoms with van der Waals surface area (Å²) in [6, 6.07) is 0. The van der Waals surface area contributed by atoms with Crippen LogP contribution in [-0.2, 0) is 14.3 Å². The van der Waals surface area contributed by atoms with Gasteiger partial charge in [0.25, 0.3) is 0 Å². The van der Waals surface area contributed by atoms with Crippen molar-refractivity contribution in [3.8, 4) is 0 Å². The van der Waals surface area contributed by atoms with Crippen LogP contribution < -0.4 is 0 Å². The Kier molecular flexibility index (Phi) is 3.42. The maximum absolute atomic E-state index is 11.8. The molecule has 3 heteroatoms. The molecule has 0 aromatic carbocycles. The van der Waals surface area contributed by atoms with Crippen molar-refractivity contribution < 1.29 is 14.3 Å². The van der Waals surface area contributed by atoms with Crippen LogP contribution in [0, 0.1) is 28.6 Å². The van der Waals surface area contributed by atoms with Crippen molar-refractivity contribution in [3.63, 3.8) is 0 Å². The molecular weight excluding hydrogens is 300 g/mol. The third-order valence-corrected chi connectivity index (χ3v) is 7.34. The van der Waals surface area contributed by atoms with Crippen LogP contribution in [0.3, 0.4) is 0 Å². The van der Waals surface area contributed by atoms with E-state index < -0.39 is 0 Å². The standard InChI is InChI=1S/C21H26O3/c1-13(22)24-19-7-6-17-16-5-4-14-12-15(23)8-10-20(14,2)18(16)9-11-21(17,19)3/h4-5,8,10,12,16-19H,6-7,9,11H2,1-3H3. The van der Waals surface area contributed by atoms with Crippen LogP contribution in [-0.4, -0.2) is 17.9 Å². The summed E-state index contributed by atoms with van der Waals surface area (Å²) in [4.78, 5) is 23.2. The zero-order valence-electron chi connectivity index (χ0n) is 14.7. The first-order valence-electron chi connectivity index (χ1n) is 9.15. The van der Waals surface area contributed by atoms with E-state index in [1.165, 1.54) is 6.92 Å². The summed E-state index contributed by atoms with van der Waals surface area (Å²) in [5, 5.41) is 0. The summed E-state index contributed by atoms with van der Waals surface area (Å²) in [5.74, 6) is 1.54. The fraction of sp³-hybridized carbons (Fsp3) is 0.619. The Morgan fingerprint density at radius 2 is 1.96 bits per heavy atom. The SMILES string of the molecule is CC(=O)OC1CCC2C3C=CC4=CC(=O)C=CC4(C)C3CCC12C. The second-order valence-electron chi connectivity index (χ2n) is 8.49. The van der Waals surface area contributed by atoms with E-state index >= 15 is 0 Å². The smallest absolute Gasteiger partial charge is 0.302 e. The van der Waals surface area contributed by atoms with Gasteiger partial charge in [0, 0.05) is 17.8 Å². The van der Waals surface area contributed by atoms with Crippen LogP contribution in [0.1, 0.15) is 46.5 Å². The molecule has 6 atom stereocenters. The lowest BCUT2D eigenvalue weighted by atomic mass is 9.50. The maximum Gasteiger partial charge on any atom is 0.302 e. The number of esters is 1. The topological polar surface area (TPSA) is 43.4 Å². The van der Waals surface area contributed by atoms with Crippen molar-refractivity contribution >= 4 is 11.8 Å². The quantitative estimate of drug-likeness (QED) is 0.684. The molecule has 0 aliphatic heterocycles. The molecule has 0 N–H and O–H groups in total. The van der Waals surface area contributed by atoms with Crippen molar-refractivity contribution in [2.75, 3.05) is 0 Å². The fourth-order valence-electron chi connectivity index (χ4n) is 6.00. The molecule has 0 radical (unpaired) electrons. The number of fused-ring (bicyclic) bond motifs is 5. The number of carbonyl (C=O) groups is 2. The number of ether oxygens (including phenoxy) is 1. The summed E-state index contributed by atoms with van der Waals surface area (Å²) >= 11 is 0. The lowest BCUT2D eigenvalue weighted by Gasteiger charge is -2.54. The van der Waals surface area contributed by atoms with Crippen LogP contribution in [0.5, 0.6) is 0 Å². The van der Waals surface area contributed by atoms with Crippen LogP contribution in [0.25, 0.3) is 0 Å². The number of rotatable bonds is 1. The van der Waals surface area contributed by atoms with Gasteiger partial charge >= 0.3 is 5.97 Å². The Hall–Kier alpha value is -1.64. The molecule has 2 saturated carbocycles. The van der Waals surface area contributed by atoms with Crippen molar-refractivity contribution in [2.24, 2.45) is 28.6 Å². The minimum Gasteiger partial charge on any atom is -0.462 e. The maximum atomic E-state index is 11.8. The molecule has 128 valence electrons. The third-order valence-electron chi connectivity index (χ3n) is 7.34. The van der Waals surface area contributed by atoms with Crippen molar-refractivity contribution in [1.82, 2.24) is 0 Å². The van der Waals surface area contributed by atoms with Gasteiger partial charge in [0.15, 0.2) is 5.78 Å². The van der Waals surface area contributed by atoms with E-state index in [4.69, 9.17) is 4.74 Å². The highest BCUT2D eigenvalue weighted by molar-refractivity contribution is 6.01. The molecule has 24 heavy (non-hydrogen) atoms. The molecule has 2 fully saturated rings. The Balaban J connectivity index is 1.68. The van der Waals surface area contributed by atoms with Gasteiger partial charge in [-0.3, -0.25) is 9.59 Å². The van der Waals surface area contributed by atoms with E-state index in [-0.39, 0.29) is 28.7 Å². The summed E-state index contributed by atoms with van der Waals surface area (Å²) in [6.45, 7) is 6.12. The lowest BCUT2D eigenvalue weighted by Crippen LogP contribution is -2.49. The number of hydrogen-bond acceptors (Lipinski definition) is 3. The highest BCUT2D eigenvalue weighted by Crippen LogP contribution is 2.63. The molecule has 4 aliphatic carbocycles. The molecule has 6 unspecified atom stereocenters. The van der Waals surface area contributed by atoms with E-state index in [0.29, 0.717) is 17.8 Å². The first-order valence-corrected chi connectivity index (χ1v) is 9.15. The van der Waals surface area contributed by atoms with Crippen molar-refractivity contribution in [2.45, 2.75) is 52.6 Å². The largest absolute Gasteiger partial charge is 0.462 e. The van der Waals surface area contributed by atoms with E-state index in [0.717, 1.165) is 31.3 Å². The van der Waals surface area contributed by atoms with Crippen LogP contribution >= 0.6 is 0 Å². The summed E-state index contributed by atoms with van der Waals surface area (Å²) in [7, 11) is 0. The number of ketones is 1. The molecule has 0 amide bonds. The molecule has 4 rings (SSSR count). The lowest BCUT2D eigenvalue weighted by molar-refractivity contribution is -0.155. The van der Waals surface area contributed by atoms with Gasteiger partial charge in [-0.05, 0) is 61.2 Å². The molecule has 0 saturated heterocycles. The molecule has 4 aliphatic rings. The Bertz CT molecular complexity index is 685. The van der Waals surface area contributed by atoms with Crippen LogP contribution in [0.2, 0.25) is 0 Å². The Labute approximate surface area is 143 Å². The molecule has 0 heterocycles. The Morgan fingerprint density at radius 3 is 2.71 bits per heavy atom. The van der Waals surface area contributed by atoms with Gasteiger partial charge in [0.05, 0.1) is 0 Å². The van der Waals surface area contributed by atoms with Gasteiger partial charge < -0.3 is 4.74 Å². The van der Waals surface area contributed by atoms with Gasteiger partial charge in [-0.1, -0.05) is 32.1 Å².